The van der Waals surface area contributed by atoms with E-state index in [1.165, 1.54) is 103 Å². The number of hydrogen-bond donors (Lipinski definition) is 0. The van der Waals surface area contributed by atoms with E-state index in [1.807, 2.05) is 4.90 Å². The number of hydrogen-bond acceptors (Lipinski definition) is 8. The maximum atomic E-state index is 13.8. The molecule has 0 aromatic rings. The summed E-state index contributed by atoms with van der Waals surface area (Å²) in [5.41, 5.74) is 0. The van der Waals surface area contributed by atoms with Crippen molar-refractivity contribution in [2.45, 2.75) is 323 Å². The van der Waals surface area contributed by atoms with Crippen LogP contribution in [0.2, 0.25) is 0 Å². The molecule has 0 spiro atoms. The molecule has 410 valence electrons. The van der Waals surface area contributed by atoms with Gasteiger partial charge in [-0.15, -0.1) is 0 Å². The van der Waals surface area contributed by atoms with Gasteiger partial charge in [-0.2, -0.15) is 0 Å². The minimum atomic E-state index is -0.197. The normalized spacial score (nSPS) is 11.7. The van der Waals surface area contributed by atoms with Crippen LogP contribution in [0.25, 0.3) is 0 Å². The predicted octanol–water partition coefficient (Wildman–Crippen LogP) is 17.7. The summed E-state index contributed by atoms with van der Waals surface area (Å²) in [5, 5.41) is 0. The smallest absolute Gasteiger partial charge is 0.410 e. The maximum Gasteiger partial charge on any atom is 0.410 e. The second-order valence-corrected chi connectivity index (χ2v) is 21.1. The Morgan fingerprint density at radius 2 is 0.652 bits per heavy atom. The lowest BCUT2D eigenvalue weighted by Crippen LogP contribution is -2.38. The highest BCUT2D eigenvalue weighted by Crippen LogP contribution is 2.21. The first-order valence-electron chi connectivity index (χ1n) is 30.3. The van der Waals surface area contributed by atoms with Crippen LogP contribution in [0.15, 0.2) is 0 Å². The average Bonchev–Trinajstić information content (AvgIpc) is 3.33. The van der Waals surface area contributed by atoms with Crippen molar-refractivity contribution in [1.29, 1.82) is 0 Å². The molecule has 0 N–H and O–H groups in total. The number of esters is 2. The number of amides is 1. The molecule has 0 saturated carbocycles. The van der Waals surface area contributed by atoms with Crippen LogP contribution in [-0.4, -0.2) is 93.1 Å². The van der Waals surface area contributed by atoms with Crippen LogP contribution in [-0.2, 0) is 28.5 Å². The Labute approximate surface area is 429 Å². The zero-order valence-electron chi connectivity index (χ0n) is 47.2. The summed E-state index contributed by atoms with van der Waals surface area (Å²) in [7, 11) is 4.15. The van der Waals surface area contributed by atoms with E-state index in [9.17, 15) is 14.4 Å². The number of carbonyl (C=O) groups is 3. The third kappa shape index (κ3) is 46.9. The summed E-state index contributed by atoms with van der Waals surface area (Å²) < 4.78 is 24.4. The Balaban J connectivity index is 5.08. The van der Waals surface area contributed by atoms with Crippen LogP contribution in [0.5, 0.6) is 0 Å². The fourth-order valence-electron chi connectivity index (χ4n) is 9.34. The Bertz CT molecular complexity index is 1020. The van der Waals surface area contributed by atoms with Crippen molar-refractivity contribution < 1.29 is 33.3 Å². The first-order chi connectivity index (χ1) is 33.7. The lowest BCUT2D eigenvalue weighted by molar-refractivity contribution is -0.151. The molecule has 0 heterocycles. The molecule has 69 heavy (non-hydrogen) atoms. The van der Waals surface area contributed by atoms with E-state index < -0.39 is 0 Å². The van der Waals surface area contributed by atoms with Crippen molar-refractivity contribution in [3.05, 3.63) is 0 Å². The lowest BCUT2D eigenvalue weighted by atomic mass is 10.0. The van der Waals surface area contributed by atoms with Gasteiger partial charge < -0.3 is 28.7 Å². The molecule has 0 aliphatic heterocycles. The van der Waals surface area contributed by atoms with Gasteiger partial charge >= 0.3 is 18.0 Å². The molecular weight excluding hydrogens is 861 g/mol. The van der Waals surface area contributed by atoms with Crippen LogP contribution in [0.3, 0.4) is 0 Å². The summed E-state index contributed by atoms with van der Waals surface area (Å²) in [4.78, 5) is 43.5. The summed E-state index contributed by atoms with van der Waals surface area (Å²) in [6.07, 6.45) is 45.8. The first kappa shape index (κ1) is 67.1. The van der Waals surface area contributed by atoms with E-state index >= 15 is 0 Å². The summed E-state index contributed by atoms with van der Waals surface area (Å²) in [6.45, 7) is 14.6. The number of nitrogens with zero attached hydrogens (tertiary/aromatic N) is 2. The second-order valence-electron chi connectivity index (χ2n) is 21.1. The number of rotatable bonds is 54. The van der Waals surface area contributed by atoms with E-state index in [0.29, 0.717) is 32.5 Å². The number of carbonyl (C=O) groups excluding carboxylic acids is 3. The molecule has 0 unspecified atom stereocenters. The van der Waals surface area contributed by atoms with E-state index in [0.717, 1.165) is 167 Å². The maximum absolute atomic E-state index is 13.8. The predicted molar refractivity (Wildman–Crippen MR) is 293 cm³/mol. The third-order valence-electron chi connectivity index (χ3n) is 13.9. The highest BCUT2D eigenvalue weighted by Gasteiger charge is 2.21. The molecule has 0 atom stereocenters. The quantitative estimate of drug-likeness (QED) is 0.0338. The highest BCUT2D eigenvalue weighted by atomic mass is 16.6. The van der Waals surface area contributed by atoms with E-state index in [-0.39, 0.29) is 36.3 Å². The summed E-state index contributed by atoms with van der Waals surface area (Å²) in [6, 6.07) is 0. The summed E-state index contributed by atoms with van der Waals surface area (Å²) >= 11 is 0. The van der Waals surface area contributed by atoms with Crippen LogP contribution in [0, 0.1) is 0 Å². The van der Waals surface area contributed by atoms with E-state index in [1.54, 1.807) is 0 Å². The van der Waals surface area contributed by atoms with Gasteiger partial charge in [0.15, 0.2) is 0 Å². The molecule has 0 bridgehead atoms. The molecule has 0 fully saturated rings. The van der Waals surface area contributed by atoms with Gasteiger partial charge in [-0.25, -0.2) is 4.79 Å². The molecule has 0 saturated heterocycles. The molecule has 9 heteroatoms. The van der Waals surface area contributed by atoms with E-state index in [2.05, 4.69) is 53.6 Å². The monoisotopic (exact) mass is 979 g/mol. The minimum absolute atomic E-state index is 0.00892. The average molecular weight is 980 g/mol. The van der Waals surface area contributed by atoms with Gasteiger partial charge in [-0.05, 0) is 123 Å². The number of unbranched alkanes of at least 4 members (excludes halogenated alkanes) is 26. The van der Waals surface area contributed by atoms with Gasteiger partial charge in [0, 0.05) is 32.5 Å². The first-order valence-corrected chi connectivity index (χ1v) is 30.3. The van der Waals surface area contributed by atoms with E-state index in [4.69, 9.17) is 18.9 Å². The largest absolute Gasteiger partial charge is 0.462 e. The van der Waals surface area contributed by atoms with Crippen LogP contribution < -0.4 is 0 Å². The van der Waals surface area contributed by atoms with Crippen molar-refractivity contribution in [2.24, 2.45) is 0 Å². The Morgan fingerprint density at radius 3 is 1.03 bits per heavy atom. The fourth-order valence-corrected chi connectivity index (χ4v) is 9.34. The lowest BCUT2D eigenvalue weighted by Gasteiger charge is -2.26. The second kappa shape index (κ2) is 52.5. The molecule has 0 rings (SSSR count). The zero-order chi connectivity index (χ0) is 50.7. The third-order valence-corrected chi connectivity index (χ3v) is 13.9. The van der Waals surface area contributed by atoms with Gasteiger partial charge in [0.25, 0.3) is 0 Å². The van der Waals surface area contributed by atoms with Crippen molar-refractivity contribution in [3.8, 4) is 0 Å². The van der Waals surface area contributed by atoms with Gasteiger partial charge in [0.2, 0.25) is 0 Å². The van der Waals surface area contributed by atoms with Gasteiger partial charge in [-0.3, -0.25) is 9.59 Å². The molecule has 0 radical (unpaired) electrons. The van der Waals surface area contributed by atoms with Crippen molar-refractivity contribution in [3.63, 3.8) is 0 Å². The van der Waals surface area contributed by atoms with Crippen molar-refractivity contribution >= 4 is 18.0 Å². The molecule has 0 aliphatic rings. The Morgan fingerprint density at radius 1 is 0.333 bits per heavy atom. The summed E-state index contributed by atoms with van der Waals surface area (Å²) in [5.74, 6) is -0.0178. The van der Waals surface area contributed by atoms with Crippen LogP contribution in [0.4, 0.5) is 4.79 Å². The minimum Gasteiger partial charge on any atom is -0.462 e. The SMILES string of the molecule is CCCCCCCOCCN(CCCN(C)C)C(=O)OC(CCCCCCCCC(=O)OC(CCCCCC)CCCCCC)CCCCCCCCC(=O)OC(CCCCCC)CCCCCC. The topological polar surface area (TPSA) is 94.6 Å². The fraction of sp³-hybridized carbons (Fsp3) is 0.950. The molecule has 0 aromatic carbocycles. The van der Waals surface area contributed by atoms with Crippen LogP contribution in [0.1, 0.15) is 304 Å². The van der Waals surface area contributed by atoms with Crippen molar-refractivity contribution in [2.75, 3.05) is 46.9 Å². The van der Waals surface area contributed by atoms with Crippen LogP contribution >= 0.6 is 0 Å². The molecule has 9 nitrogen and oxygen atoms in total. The Hall–Kier alpha value is -1.87. The molecule has 0 aliphatic carbocycles. The van der Waals surface area contributed by atoms with Crippen molar-refractivity contribution in [1.82, 2.24) is 9.80 Å². The van der Waals surface area contributed by atoms with Gasteiger partial charge in [0.05, 0.1) is 6.61 Å². The standard InChI is InChI=1S/C60H118N2O7/c1-8-13-18-31-40-53-66-54-52-62(51-41-50-61(6)7)60(65)69-57(46-36-27-23-25-29-38-48-58(63)67-55(42-32-19-14-9-2)43-33-20-15-10-3)47-37-28-24-26-30-39-49-59(64)68-56(44-34-21-16-11-4)45-35-22-17-12-5/h55-57H,8-54H2,1-7H3. The van der Waals surface area contributed by atoms with Gasteiger partial charge in [-0.1, -0.05) is 189 Å². The number of ether oxygens (including phenoxy) is 4. The van der Waals surface area contributed by atoms with Gasteiger partial charge in [0.1, 0.15) is 18.3 Å². The molecular formula is C60H118N2O7. The highest BCUT2D eigenvalue weighted by molar-refractivity contribution is 5.70. The zero-order valence-corrected chi connectivity index (χ0v) is 47.2. The molecule has 1 amide bonds. The molecule has 0 aromatic heterocycles. The Kier molecular flexibility index (Phi) is 51.0.